The Hall–Kier alpha value is -2.67. The van der Waals surface area contributed by atoms with Gasteiger partial charge in [-0.2, -0.15) is 0 Å². The summed E-state index contributed by atoms with van der Waals surface area (Å²) in [4.78, 5) is 21.0. The number of anilines is 2. The van der Waals surface area contributed by atoms with E-state index in [1.54, 1.807) is 0 Å². The fraction of sp³-hybridized carbons (Fsp3) is 0.312. The third kappa shape index (κ3) is 3.75. The van der Waals surface area contributed by atoms with E-state index < -0.39 is 5.97 Å². The topological polar surface area (TPSA) is 87.6 Å². The van der Waals surface area contributed by atoms with Crippen LogP contribution < -0.4 is 10.2 Å². The molecule has 0 atom stereocenters. The Morgan fingerprint density at radius 3 is 2.70 bits per heavy atom. The van der Waals surface area contributed by atoms with Gasteiger partial charge in [-0.3, -0.25) is 0 Å². The van der Waals surface area contributed by atoms with E-state index in [0.717, 1.165) is 31.9 Å². The third-order valence-corrected chi connectivity index (χ3v) is 3.67. The summed E-state index contributed by atoms with van der Waals surface area (Å²) in [6.07, 6.45) is 2.68. The van der Waals surface area contributed by atoms with E-state index >= 15 is 0 Å². The number of nitrogens with zero attached hydrogens (tertiary/aromatic N) is 3. The highest BCUT2D eigenvalue weighted by molar-refractivity contribution is 5.84. The number of benzene rings is 1. The number of hydrogen-bond donors (Lipinski definition) is 2. The van der Waals surface area contributed by atoms with E-state index in [1.807, 2.05) is 12.1 Å². The van der Waals surface area contributed by atoms with Gasteiger partial charge in [0, 0.05) is 25.3 Å². The second kappa shape index (κ2) is 7.06. The number of ether oxygens (including phenoxy) is 1. The fourth-order valence-electron chi connectivity index (χ4n) is 2.49. The molecule has 1 aromatic heterocycles. The molecule has 1 aliphatic heterocycles. The zero-order valence-corrected chi connectivity index (χ0v) is 12.6. The summed E-state index contributed by atoms with van der Waals surface area (Å²) in [6, 6.07) is 8.19. The normalized spacial score (nSPS) is 14.5. The summed E-state index contributed by atoms with van der Waals surface area (Å²) in [7, 11) is 0. The minimum Gasteiger partial charge on any atom is -0.476 e. The molecule has 7 nitrogen and oxygen atoms in total. The molecule has 1 aromatic carbocycles. The molecule has 3 rings (SSSR count). The van der Waals surface area contributed by atoms with Crippen molar-refractivity contribution >= 4 is 17.5 Å². The van der Waals surface area contributed by atoms with Crippen molar-refractivity contribution in [1.29, 1.82) is 0 Å². The average molecular weight is 314 g/mol. The van der Waals surface area contributed by atoms with E-state index in [-0.39, 0.29) is 5.69 Å². The Morgan fingerprint density at radius 1 is 1.22 bits per heavy atom. The number of hydrogen-bond acceptors (Lipinski definition) is 6. The monoisotopic (exact) mass is 314 g/mol. The van der Waals surface area contributed by atoms with Gasteiger partial charge in [0.2, 0.25) is 0 Å². The predicted molar refractivity (Wildman–Crippen MR) is 85.8 cm³/mol. The highest BCUT2D eigenvalue weighted by atomic mass is 16.5. The van der Waals surface area contributed by atoms with Gasteiger partial charge < -0.3 is 20.1 Å². The number of aromatic nitrogens is 2. The lowest BCUT2D eigenvalue weighted by atomic mass is 10.1. The zero-order valence-electron chi connectivity index (χ0n) is 12.6. The SMILES string of the molecule is O=C(O)c1cnc(NCc2ccccc2N2CCOCC2)cn1. The molecule has 0 amide bonds. The third-order valence-electron chi connectivity index (χ3n) is 3.67. The Morgan fingerprint density at radius 2 is 2.00 bits per heavy atom. The first kappa shape index (κ1) is 15.2. The van der Waals surface area contributed by atoms with Gasteiger partial charge in [-0.05, 0) is 11.6 Å². The van der Waals surface area contributed by atoms with Gasteiger partial charge in [0.25, 0.3) is 0 Å². The predicted octanol–water partition coefficient (Wildman–Crippen LogP) is 1.62. The quantitative estimate of drug-likeness (QED) is 0.867. The first-order valence-electron chi connectivity index (χ1n) is 7.44. The second-order valence-corrected chi connectivity index (χ2v) is 5.17. The van der Waals surface area contributed by atoms with Gasteiger partial charge in [0.1, 0.15) is 5.82 Å². The smallest absolute Gasteiger partial charge is 0.356 e. The van der Waals surface area contributed by atoms with Gasteiger partial charge in [-0.15, -0.1) is 0 Å². The molecule has 2 aromatic rings. The molecular formula is C16H18N4O3. The van der Waals surface area contributed by atoms with Crippen molar-refractivity contribution in [2.24, 2.45) is 0 Å². The molecule has 7 heteroatoms. The second-order valence-electron chi connectivity index (χ2n) is 5.17. The van der Waals surface area contributed by atoms with Gasteiger partial charge in [-0.25, -0.2) is 14.8 Å². The van der Waals surface area contributed by atoms with Gasteiger partial charge in [-0.1, -0.05) is 18.2 Å². The summed E-state index contributed by atoms with van der Waals surface area (Å²) < 4.78 is 5.40. The van der Waals surface area contributed by atoms with Crippen molar-refractivity contribution in [1.82, 2.24) is 9.97 Å². The molecular weight excluding hydrogens is 296 g/mol. The van der Waals surface area contributed by atoms with E-state index in [4.69, 9.17) is 9.84 Å². The van der Waals surface area contributed by atoms with Crippen LogP contribution in [0.2, 0.25) is 0 Å². The number of carboxylic acids is 1. The highest BCUT2D eigenvalue weighted by Crippen LogP contribution is 2.22. The van der Waals surface area contributed by atoms with Crippen LogP contribution in [-0.4, -0.2) is 47.3 Å². The molecule has 2 N–H and O–H groups in total. The lowest BCUT2D eigenvalue weighted by Gasteiger charge is -2.30. The Balaban J connectivity index is 1.69. The van der Waals surface area contributed by atoms with Crippen molar-refractivity contribution in [3.63, 3.8) is 0 Å². The van der Waals surface area contributed by atoms with Crippen LogP contribution in [0, 0.1) is 0 Å². The van der Waals surface area contributed by atoms with Crippen LogP contribution in [-0.2, 0) is 11.3 Å². The van der Waals surface area contributed by atoms with E-state index in [2.05, 4.69) is 32.3 Å². The molecule has 0 saturated carbocycles. The van der Waals surface area contributed by atoms with Crippen molar-refractivity contribution < 1.29 is 14.6 Å². The first-order valence-corrected chi connectivity index (χ1v) is 7.44. The maximum absolute atomic E-state index is 10.8. The minimum atomic E-state index is -1.08. The van der Waals surface area contributed by atoms with Crippen LogP contribution in [0.4, 0.5) is 11.5 Å². The molecule has 1 fully saturated rings. The van der Waals surface area contributed by atoms with Crippen molar-refractivity contribution in [2.45, 2.75) is 6.54 Å². The van der Waals surface area contributed by atoms with Crippen molar-refractivity contribution in [3.8, 4) is 0 Å². The van der Waals surface area contributed by atoms with Crippen LogP contribution in [0.15, 0.2) is 36.7 Å². The lowest BCUT2D eigenvalue weighted by molar-refractivity contribution is 0.0690. The fourth-order valence-corrected chi connectivity index (χ4v) is 2.49. The number of aromatic carboxylic acids is 1. The summed E-state index contributed by atoms with van der Waals surface area (Å²) in [6.45, 7) is 3.83. The number of morpholine rings is 1. The van der Waals surface area contributed by atoms with Gasteiger partial charge in [0.15, 0.2) is 5.69 Å². The molecule has 0 bridgehead atoms. The van der Waals surface area contributed by atoms with Crippen LogP contribution in [0.3, 0.4) is 0 Å². The molecule has 1 aliphatic rings. The molecule has 0 aliphatic carbocycles. The number of rotatable bonds is 5. The molecule has 0 unspecified atom stereocenters. The van der Waals surface area contributed by atoms with Gasteiger partial charge >= 0.3 is 5.97 Å². The molecule has 0 radical (unpaired) electrons. The first-order chi connectivity index (χ1) is 11.2. The number of nitrogens with one attached hydrogen (secondary N) is 1. The molecule has 2 heterocycles. The Bertz CT molecular complexity index is 669. The molecule has 120 valence electrons. The lowest BCUT2D eigenvalue weighted by Crippen LogP contribution is -2.36. The van der Waals surface area contributed by atoms with Gasteiger partial charge in [0.05, 0.1) is 25.6 Å². The largest absolute Gasteiger partial charge is 0.476 e. The summed E-state index contributed by atoms with van der Waals surface area (Å²) in [5.74, 6) is -0.534. The minimum absolute atomic E-state index is 0.0655. The number of carbonyl (C=O) groups is 1. The molecule has 1 saturated heterocycles. The van der Waals surface area contributed by atoms with E-state index in [9.17, 15) is 4.79 Å². The maximum Gasteiger partial charge on any atom is 0.356 e. The zero-order chi connectivity index (χ0) is 16.1. The molecule has 0 spiro atoms. The van der Waals surface area contributed by atoms with Crippen molar-refractivity contribution in [2.75, 3.05) is 36.5 Å². The molecule has 23 heavy (non-hydrogen) atoms. The van der Waals surface area contributed by atoms with E-state index in [0.29, 0.717) is 12.4 Å². The summed E-state index contributed by atoms with van der Waals surface area (Å²) in [5.41, 5.74) is 2.26. The van der Waals surface area contributed by atoms with E-state index in [1.165, 1.54) is 18.1 Å². The summed E-state index contributed by atoms with van der Waals surface area (Å²) >= 11 is 0. The Labute approximate surface area is 133 Å². The average Bonchev–Trinajstić information content (AvgIpc) is 2.61. The van der Waals surface area contributed by atoms with Crippen LogP contribution >= 0.6 is 0 Å². The van der Waals surface area contributed by atoms with Crippen LogP contribution in [0.25, 0.3) is 0 Å². The van der Waals surface area contributed by atoms with Crippen LogP contribution in [0.5, 0.6) is 0 Å². The Kier molecular flexibility index (Phi) is 4.68. The number of carboxylic acid groups (broad SMARTS) is 1. The summed E-state index contributed by atoms with van der Waals surface area (Å²) in [5, 5.41) is 12.0. The highest BCUT2D eigenvalue weighted by Gasteiger charge is 2.14. The maximum atomic E-state index is 10.8. The number of para-hydroxylation sites is 1. The van der Waals surface area contributed by atoms with Crippen LogP contribution in [0.1, 0.15) is 16.1 Å². The van der Waals surface area contributed by atoms with Crippen molar-refractivity contribution in [3.05, 3.63) is 47.9 Å². The standard InChI is InChI=1S/C16H18N4O3/c21-16(22)13-10-19-15(11-17-13)18-9-12-3-1-2-4-14(12)20-5-7-23-8-6-20/h1-4,10-11H,5-9H2,(H,18,19)(H,21,22).